The van der Waals surface area contributed by atoms with Crippen LogP contribution in [0.2, 0.25) is 0 Å². The van der Waals surface area contributed by atoms with Gasteiger partial charge in [0.1, 0.15) is 12.4 Å². The smallest absolute Gasteiger partial charge is 0.412 e. The van der Waals surface area contributed by atoms with Crippen molar-refractivity contribution >= 4 is 23.0 Å². The van der Waals surface area contributed by atoms with E-state index in [1.807, 2.05) is 31.2 Å². The van der Waals surface area contributed by atoms with E-state index in [1.54, 1.807) is 23.6 Å². The van der Waals surface area contributed by atoms with E-state index in [1.165, 1.54) is 11.1 Å². The Balaban J connectivity index is 1.03. The van der Waals surface area contributed by atoms with Gasteiger partial charge in [-0.15, -0.1) is 0 Å². The Morgan fingerprint density at radius 3 is 2.43 bits per heavy atom. The van der Waals surface area contributed by atoms with E-state index in [9.17, 15) is 19.5 Å². The maximum atomic E-state index is 13.7. The lowest BCUT2D eigenvalue weighted by atomic mass is 9.86. The van der Waals surface area contributed by atoms with Crippen LogP contribution in [0.5, 0.6) is 5.75 Å². The number of benzene rings is 3. The first-order valence-electron chi connectivity index (χ1n) is 17.7. The molecule has 3 aromatic carbocycles. The summed E-state index contributed by atoms with van der Waals surface area (Å²) in [4.78, 5) is 46.9. The standard InChI is InChI=1S/C41H40N4O6/c1-3-29-30-20-28(51-40(48)42-22-27-16-11-19-44(27)37(25-12-7-5-8-13-25)26-14-9-6-10-15-26)17-18-34(30)43-36-31(29)23-45-35(36)21-33-32(38(45)46)24-50-39(47)41(33,49)4-2/h5-10,12-15,17-18,20-21,27,37,49H,3-4,11,16,19,22-24H2,1-2H3,(H,42,48)/t27?,41-/m0/s1. The van der Waals surface area contributed by atoms with E-state index in [0.717, 1.165) is 35.9 Å². The van der Waals surface area contributed by atoms with Gasteiger partial charge in [-0.05, 0) is 73.2 Å². The summed E-state index contributed by atoms with van der Waals surface area (Å²) in [5.74, 6) is -0.348. The molecule has 2 atom stereocenters. The molecule has 3 aliphatic heterocycles. The molecular weight excluding hydrogens is 644 g/mol. The maximum Gasteiger partial charge on any atom is 0.412 e. The van der Waals surface area contributed by atoms with E-state index >= 15 is 0 Å². The SMILES string of the molecule is CCc1c2c(nc3ccc(OC(=O)NCC4CCCN4C(c4ccccc4)c4ccccc4)cc13)-c1cc3c(c(=O)n1C2)COC(=O)[C@]3(O)CC. The number of aryl methyl sites for hydroxylation is 1. The monoisotopic (exact) mass is 684 g/mol. The molecule has 1 fully saturated rings. The molecule has 1 amide bonds. The Morgan fingerprint density at radius 2 is 1.75 bits per heavy atom. The molecule has 0 radical (unpaired) electrons. The molecule has 0 saturated carbocycles. The molecular formula is C41H40N4O6. The Bertz CT molecular complexity index is 2180. The highest BCUT2D eigenvalue weighted by Gasteiger charge is 2.45. The van der Waals surface area contributed by atoms with Crippen LogP contribution in [0.4, 0.5) is 4.79 Å². The fourth-order valence-corrected chi connectivity index (χ4v) is 8.22. The number of carbonyl (C=O) groups is 2. The van der Waals surface area contributed by atoms with Crippen LogP contribution in [0.25, 0.3) is 22.3 Å². The Morgan fingerprint density at radius 1 is 1.02 bits per heavy atom. The first-order valence-corrected chi connectivity index (χ1v) is 17.7. The van der Waals surface area contributed by atoms with E-state index < -0.39 is 17.7 Å². The van der Waals surface area contributed by atoms with Gasteiger partial charge in [-0.3, -0.25) is 9.69 Å². The number of nitrogens with zero attached hydrogens (tertiary/aromatic N) is 3. The number of cyclic esters (lactones) is 1. The van der Waals surface area contributed by atoms with Gasteiger partial charge in [0.05, 0.1) is 35.1 Å². The van der Waals surface area contributed by atoms with Crippen molar-refractivity contribution in [1.29, 1.82) is 0 Å². The third-order valence-electron chi connectivity index (χ3n) is 10.8. The summed E-state index contributed by atoms with van der Waals surface area (Å²) in [7, 11) is 0. The van der Waals surface area contributed by atoms with Gasteiger partial charge in [0, 0.05) is 29.1 Å². The lowest BCUT2D eigenvalue weighted by molar-refractivity contribution is -0.172. The predicted octanol–water partition coefficient (Wildman–Crippen LogP) is 5.98. The zero-order chi connectivity index (χ0) is 35.3. The molecule has 0 bridgehead atoms. The number of amides is 1. The number of pyridine rings is 2. The van der Waals surface area contributed by atoms with Crippen LogP contribution in [0.1, 0.15) is 72.5 Å². The van der Waals surface area contributed by atoms with E-state index in [2.05, 4.69) is 58.7 Å². The summed E-state index contributed by atoms with van der Waals surface area (Å²) in [6.07, 6.45) is 2.23. The van der Waals surface area contributed by atoms with Crippen molar-refractivity contribution in [2.24, 2.45) is 0 Å². The summed E-state index contributed by atoms with van der Waals surface area (Å²) in [5.41, 5.74) is 4.63. The second-order valence-corrected chi connectivity index (χ2v) is 13.6. The third kappa shape index (κ3) is 5.59. The Kier molecular flexibility index (Phi) is 8.44. The number of esters is 1. The maximum absolute atomic E-state index is 13.7. The van der Waals surface area contributed by atoms with Crippen LogP contribution in [0, 0.1) is 0 Å². The van der Waals surface area contributed by atoms with Crippen LogP contribution >= 0.6 is 0 Å². The zero-order valence-electron chi connectivity index (χ0n) is 28.7. The van der Waals surface area contributed by atoms with Crippen molar-refractivity contribution in [2.75, 3.05) is 13.1 Å². The summed E-state index contributed by atoms with van der Waals surface area (Å²) >= 11 is 0. The van der Waals surface area contributed by atoms with Crippen LogP contribution in [-0.2, 0) is 34.7 Å². The second-order valence-electron chi connectivity index (χ2n) is 13.6. The highest BCUT2D eigenvalue weighted by Crippen LogP contribution is 2.41. The van der Waals surface area contributed by atoms with Gasteiger partial charge in [-0.25, -0.2) is 14.6 Å². The predicted molar refractivity (Wildman–Crippen MR) is 192 cm³/mol. The largest absolute Gasteiger partial charge is 0.458 e. The van der Waals surface area contributed by atoms with Crippen molar-refractivity contribution in [3.05, 3.63) is 129 Å². The van der Waals surface area contributed by atoms with Gasteiger partial charge < -0.3 is 24.5 Å². The zero-order valence-corrected chi connectivity index (χ0v) is 28.7. The molecule has 10 heteroatoms. The van der Waals surface area contributed by atoms with Crippen LogP contribution in [0.3, 0.4) is 0 Å². The van der Waals surface area contributed by atoms with E-state index in [0.29, 0.717) is 42.2 Å². The van der Waals surface area contributed by atoms with Crippen LogP contribution < -0.4 is 15.6 Å². The number of nitrogens with one attached hydrogen (secondary N) is 1. The number of rotatable bonds is 8. The van der Waals surface area contributed by atoms with Crippen molar-refractivity contribution in [1.82, 2.24) is 19.8 Å². The molecule has 0 spiro atoms. The fraction of sp³-hybridized carbons (Fsp3) is 0.317. The van der Waals surface area contributed by atoms with Crippen molar-refractivity contribution in [3.63, 3.8) is 0 Å². The molecule has 5 heterocycles. The number of ether oxygens (including phenoxy) is 2. The molecule has 2 aromatic heterocycles. The van der Waals surface area contributed by atoms with Gasteiger partial charge in [-0.1, -0.05) is 74.5 Å². The molecule has 3 aliphatic rings. The van der Waals surface area contributed by atoms with E-state index in [-0.39, 0.29) is 41.8 Å². The lowest BCUT2D eigenvalue weighted by Crippen LogP contribution is -2.44. The number of hydrogen-bond donors (Lipinski definition) is 2. The Labute approximate surface area is 295 Å². The second kappa shape index (κ2) is 13.1. The molecule has 5 aromatic rings. The summed E-state index contributed by atoms with van der Waals surface area (Å²) in [6, 6.07) is 28.3. The quantitative estimate of drug-likeness (QED) is 0.188. The minimum Gasteiger partial charge on any atom is -0.458 e. The number of fused-ring (bicyclic) bond motifs is 5. The number of aromatic nitrogens is 2. The summed E-state index contributed by atoms with van der Waals surface area (Å²) < 4.78 is 12.7. The molecule has 0 aliphatic carbocycles. The molecule has 2 N–H and O–H groups in total. The lowest BCUT2D eigenvalue weighted by Gasteiger charge is -2.34. The highest BCUT2D eigenvalue weighted by atomic mass is 16.6. The number of aliphatic hydroxyl groups is 1. The average Bonchev–Trinajstić information content (AvgIpc) is 3.77. The fourth-order valence-electron chi connectivity index (χ4n) is 8.22. The van der Waals surface area contributed by atoms with E-state index in [4.69, 9.17) is 14.5 Å². The van der Waals surface area contributed by atoms with Gasteiger partial charge in [0.25, 0.3) is 5.56 Å². The molecule has 8 rings (SSSR count). The first-order chi connectivity index (χ1) is 24.8. The highest BCUT2D eigenvalue weighted by molar-refractivity contribution is 5.90. The number of hydrogen-bond acceptors (Lipinski definition) is 8. The summed E-state index contributed by atoms with van der Waals surface area (Å²) in [6.45, 7) is 5.24. The van der Waals surface area contributed by atoms with Crippen molar-refractivity contribution < 1.29 is 24.2 Å². The van der Waals surface area contributed by atoms with Crippen molar-refractivity contribution in [2.45, 2.75) is 70.4 Å². The third-order valence-corrected chi connectivity index (χ3v) is 10.8. The normalized spacial score (nSPS) is 19.5. The summed E-state index contributed by atoms with van der Waals surface area (Å²) in [5, 5.41) is 15.1. The van der Waals surface area contributed by atoms with Gasteiger partial charge in [0.2, 0.25) is 0 Å². The van der Waals surface area contributed by atoms with Crippen LogP contribution in [-0.4, -0.2) is 50.8 Å². The molecule has 260 valence electrons. The Hall–Kier alpha value is -5.32. The molecule has 1 unspecified atom stereocenters. The topological polar surface area (TPSA) is 123 Å². The minimum atomic E-state index is -1.89. The van der Waals surface area contributed by atoms with Crippen molar-refractivity contribution in [3.8, 4) is 17.1 Å². The minimum absolute atomic E-state index is 0.0805. The number of likely N-dealkylation sites (tertiary alicyclic amines) is 1. The number of carbonyl (C=O) groups excluding carboxylic acids is 2. The molecule has 1 saturated heterocycles. The molecule has 51 heavy (non-hydrogen) atoms. The van der Waals surface area contributed by atoms with Gasteiger partial charge >= 0.3 is 12.1 Å². The average molecular weight is 685 g/mol. The van der Waals surface area contributed by atoms with Gasteiger partial charge in [-0.2, -0.15) is 0 Å². The molecule has 10 nitrogen and oxygen atoms in total. The van der Waals surface area contributed by atoms with Gasteiger partial charge in [0.15, 0.2) is 5.60 Å². The first kappa shape index (κ1) is 32.9. The van der Waals surface area contributed by atoms with Crippen LogP contribution in [0.15, 0.2) is 89.7 Å².